The number of hydrogen-bond acceptors (Lipinski definition) is 6. The van der Waals surface area contributed by atoms with Crippen molar-refractivity contribution in [3.8, 4) is 9.88 Å². The predicted octanol–water partition coefficient (Wildman–Crippen LogP) is 5.49. The third-order valence-corrected chi connectivity index (χ3v) is 6.37. The van der Waals surface area contributed by atoms with E-state index in [0.717, 1.165) is 20.1 Å². The molecule has 0 aliphatic heterocycles. The Labute approximate surface area is 162 Å². The SMILES string of the molecule is Cc1c(NC(=O)c2ccc(-c3nc4ccccc4s3)s2)cccc1[N+](=O)[O-]. The van der Waals surface area contributed by atoms with E-state index >= 15 is 0 Å². The summed E-state index contributed by atoms with van der Waals surface area (Å²) in [5, 5.41) is 14.7. The smallest absolute Gasteiger partial charge is 0.274 e. The molecule has 6 nitrogen and oxygen atoms in total. The molecule has 2 aromatic carbocycles. The first-order chi connectivity index (χ1) is 13.0. The number of carbonyl (C=O) groups excluding carboxylic acids is 1. The summed E-state index contributed by atoms with van der Waals surface area (Å²) in [4.78, 5) is 29.2. The molecule has 0 saturated heterocycles. The molecule has 8 heteroatoms. The number of rotatable bonds is 4. The second-order valence-corrected chi connectivity index (χ2v) is 7.93. The standard InChI is InChI=1S/C19H13N3O3S2/c1-11-12(6-4-7-14(11)22(24)25)20-18(23)16-9-10-17(26-16)19-21-13-5-2-3-8-15(13)27-19/h2-10H,1H3,(H,20,23). The number of nitro benzene ring substituents is 1. The number of nitro groups is 1. The Morgan fingerprint density at radius 3 is 2.67 bits per heavy atom. The van der Waals surface area contributed by atoms with Gasteiger partial charge in [-0.1, -0.05) is 18.2 Å². The fraction of sp³-hybridized carbons (Fsp3) is 0.0526. The van der Waals surface area contributed by atoms with Crippen LogP contribution in [0.1, 0.15) is 15.2 Å². The lowest BCUT2D eigenvalue weighted by Crippen LogP contribution is -2.11. The van der Waals surface area contributed by atoms with Gasteiger partial charge in [0.15, 0.2) is 0 Å². The van der Waals surface area contributed by atoms with Gasteiger partial charge in [-0.15, -0.1) is 22.7 Å². The molecule has 2 heterocycles. The fourth-order valence-corrected chi connectivity index (χ4v) is 4.61. The number of nitrogens with zero attached hydrogens (tertiary/aromatic N) is 2. The van der Waals surface area contributed by atoms with Crippen molar-refractivity contribution in [1.82, 2.24) is 4.98 Å². The van der Waals surface area contributed by atoms with Crippen molar-refractivity contribution in [3.05, 3.63) is 75.2 Å². The molecule has 0 saturated carbocycles. The van der Waals surface area contributed by atoms with Gasteiger partial charge in [0.25, 0.3) is 11.6 Å². The normalized spacial score (nSPS) is 10.9. The van der Waals surface area contributed by atoms with E-state index in [0.29, 0.717) is 16.1 Å². The predicted molar refractivity (Wildman–Crippen MR) is 109 cm³/mol. The molecule has 0 radical (unpaired) electrons. The fourth-order valence-electron chi connectivity index (χ4n) is 2.69. The van der Waals surface area contributed by atoms with E-state index in [1.807, 2.05) is 30.3 Å². The second kappa shape index (κ2) is 6.90. The Bertz CT molecular complexity index is 1150. The zero-order valence-electron chi connectivity index (χ0n) is 14.1. The topological polar surface area (TPSA) is 85.1 Å². The third-order valence-electron chi connectivity index (χ3n) is 4.08. The zero-order chi connectivity index (χ0) is 19.0. The first-order valence-corrected chi connectivity index (χ1v) is 9.67. The van der Waals surface area contributed by atoms with Crippen LogP contribution in [0.4, 0.5) is 11.4 Å². The highest BCUT2D eigenvalue weighted by atomic mass is 32.1. The van der Waals surface area contributed by atoms with Gasteiger partial charge in [-0.25, -0.2) is 4.98 Å². The molecule has 27 heavy (non-hydrogen) atoms. The van der Waals surface area contributed by atoms with Crippen molar-refractivity contribution in [2.24, 2.45) is 0 Å². The number of thiazole rings is 1. The van der Waals surface area contributed by atoms with Crippen LogP contribution in [-0.4, -0.2) is 15.8 Å². The van der Waals surface area contributed by atoms with Crippen molar-refractivity contribution in [3.63, 3.8) is 0 Å². The van der Waals surface area contributed by atoms with Gasteiger partial charge in [-0.3, -0.25) is 14.9 Å². The number of anilines is 1. The van der Waals surface area contributed by atoms with Gasteiger partial charge < -0.3 is 5.32 Å². The average molecular weight is 395 g/mol. The molecule has 0 aliphatic carbocycles. The molecular formula is C19H13N3O3S2. The van der Waals surface area contributed by atoms with Gasteiger partial charge in [0.2, 0.25) is 0 Å². The highest BCUT2D eigenvalue weighted by molar-refractivity contribution is 7.26. The minimum Gasteiger partial charge on any atom is -0.321 e. The summed E-state index contributed by atoms with van der Waals surface area (Å²) in [7, 11) is 0. The zero-order valence-corrected chi connectivity index (χ0v) is 15.8. The Morgan fingerprint density at radius 1 is 1.07 bits per heavy atom. The molecule has 134 valence electrons. The Kier molecular flexibility index (Phi) is 4.43. The van der Waals surface area contributed by atoms with Crippen LogP contribution in [0.3, 0.4) is 0 Å². The summed E-state index contributed by atoms with van der Waals surface area (Å²) in [6, 6.07) is 16.1. The molecule has 4 aromatic rings. The first kappa shape index (κ1) is 17.3. The van der Waals surface area contributed by atoms with Crippen LogP contribution in [0.25, 0.3) is 20.1 Å². The number of nitrogens with one attached hydrogen (secondary N) is 1. The van der Waals surface area contributed by atoms with Gasteiger partial charge in [-0.2, -0.15) is 0 Å². The quantitative estimate of drug-likeness (QED) is 0.365. The maximum atomic E-state index is 12.6. The van der Waals surface area contributed by atoms with Crippen molar-refractivity contribution in [1.29, 1.82) is 0 Å². The van der Waals surface area contributed by atoms with Crippen LogP contribution in [0.15, 0.2) is 54.6 Å². The number of hydrogen-bond donors (Lipinski definition) is 1. The number of aromatic nitrogens is 1. The Morgan fingerprint density at radius 2 is 1.89 bits per heavy atom. The van der Waals surface area contributed by atoms with Crippen molar-refractivity contribution in [2.75, 3.05) is 5.32 Å². The molecule has 0 fully saturated rings. The highest BCUT2D eigenvalue weighted by Crippen LogP contribution is 2.35. The molecule has 0 aliphatic rings. The van der Waals surface area contributed by atoms with Gasteiger partial charge in [0.1, 0.15) is 5.01 Å². The van der Waals surface area contributed by atoms with Gasteiger partial charge in [0, 0.05) is 6.07 Å². The lowest BCUT2D eigenvalue weighted by atomic mass is 10.1. The van der Waals surface area contributed by atoms with E-state index < -0.39 is 4.92 Å². The summed E-state index contributed by atoms with van der Waals surface area (Å²) in [6.45, 7) is 1.62. The lowest BCUT2D eigenvalue weighted by molar-refractivity contribution is -0.385. The van der Waals surface area contributed by atoms with Crippen LogP contribution < -0.4 is 5.32 Å². The van der Waals surface area contributed by atoms with Crippen LogP contribution in [0.2, 0.25) is 0 Å². The van der Waals surface area contributed by atoms with Gasteiger partial charge in [-0.05, 0) is 37.3 Å². The van der Waals surface area contributed by atoms with E-state index in [-0.39, 0.29) is 11.6 Å². The Balaban J connectivity index is 1.59. The second-order valence-electron chi connectivity index (χ2n) is 5.81. The summed E-state index contributed by atoms with van der Waals surface area (Å²) >= 11 is 2.93. The molecule has 1 N–H and O–H groups in total. The minimum atomic E-state index is -0.457. The summed E-state index contributed by atoms with van der Waals surface area (Å²) in [5.41, 5.74) is 1.78. The van der Waals surface area contributed by atoms with Gasteiger partial charge >= 0.3 is 0 Å². The molecule has 0 unspecified atom stereocenters. The summed E-state index contributed by atoms with van der Waals surface area (Å²) in [6.07, 6.45) is 0. The summed E-state index contributed by atoms with van der Waals surface area (Å²) < 4.78 is 1.10. The highest BCUT2D eigenvalue weighted by Gasteiger charge is 2.17. The molecule has 2 aromatic heterocycles. The number of thiophene rings is 1. The third kappa shape index (κ3) is 3.32. The number of carbonyl (C=O) groups is 1. The molecule has 0 atom stereocenters. The average Bonchev–Trinajstić information content (AvgIpc) is 3.29. The number of para-hydroxylation sites is 1. The minimum absolute atomic E-state index is 0.0193. The largest absolute Gasteiger partial charge is 0.321 e. The van der Waals surface area contributed by atoms with Crippen molar-refractivity contribution in [2.45, 2.75) is 6.92 Å². The van der Waals surface area contributed by atoms with Crippen LogP contribution in [0.5, 0.6) is 0 Å². The molecular weight excluding hydrogens is 382 g/mol. The van der Waals surface area contributed by atoms with Crippen LogP contribution >= 0.6 is 22.7 Å². The van der Waals surface area contributed by atoms with Gasteiger partial charge in [0.05, 0.1) is 36.1 Å². The number of benzene rings is 2. The maximum absolute atomic E-state index is 12.6. The first-order valence-electron chi connectivity index (χ1n) is 8.04. The molecule has 1 amide bonds. The van der Waals surface area contributed by atoms with Crippen molar-refractivity contribution >= 4 is 50.2 Å². The Hall–Kier alpha value is -3.10. The van der Waals surface area contributed by atoms with E-state index in [9.17, 15) is 14.9 Å². The lowest BCUT2D eigenvalue weighted by Gasteiger charge is -2.07. The molecule has 4 rings (SSSR count). The summed E-state index contributed by atoms with van der Waals surface area (Å²) in [5.74, 6) is -0.295. The monoisotopic (exact) mass is 395 g/mol. The number of fused-ring (bicyclic) bond motifs is 1. The number of amides is 1. The van der Waals surface area contributed by atoms with E-state index in [1.165, 1.54) is 17.4 Å². The van der Waals surface area contributed by atoms with E-state index in [2.05, 4.69) is 10.3 Å². The van der Waals surface area contributed by atoms with Crippen molar-refractivity contribution < 1.29 is 9.72 Å². The van der Waals surface area contributed by atoms with E-state index in [4.69, 9.17) is 0 Å². The van der Waals surface area contributed by atoms with Crippen LogP contribution in [-0.2, 0) is 0 Å². The van der Waals surface area contributed by atoms with Crippen LogP contribution in [0, 0.1) is 17.0 Å². The van der Waals surface area contributed by atoms with E-state index in [1.54, 1.807) is 36.5 Å². The maximum Gasteiger partial charge on any atom is 0.274 e. The molecule has 0 bridgehead atoms. The molecule has 0 spiro atoms.